The Hall–Kier alpha value is -4.43. The molecule has 14 heteroatoms. The van der Waals surface area contributed by atoms with E-state index < -0.39 is 54.3 Å². The van der Waals surface area contributed by atoms with Crippen LogP contribution in [-0.2, 0) is 41.6 Å². The number of unbranched alkanes of at least 4 members (excludes halogenated alkanes) is 1. The van der Waals surface area contributed by atoms with Gasteiger partial charge in [-0.25, -0.2) is 0 Å². The number of carbonyl (C=O) groups is 6. The van der Waals surface area contributed by atoms with Crippen LogP contribution in [0.25, 0.3) is 0 Å². The Morgan fingerprint density at radius 2 is 1.62 bits per heavy atom. The fourth-order valence-electron chi connectivity index (χ4n) is 4.65. The lowest BCUT2D eigenvalue weighted by Gasteiger charge is -2.22. The lowest BCUT2D eigenvalue weighted by atomic mass is 10.0. The number of hydrogen-bond acceptors (Lipinski definition) is 9. The molecule has 13 nitrogen and oxygen atoms in total. The van der Waals surface area contributed by atoms with Crippen LogP contribution in [0.4, 0.5) is 0 Å². The Morgan fingerprint density at radius 3 is 2.29 bits per heavy atom. The second-order valence-corrected chi connectivity index (χ2v) is 11.8. The maximum absolute atomic E-state index is 13.1. The van der Waals surface area contributed by atoms with Gasteiger partial charge in [-0.15, -0.1) is 0 Å². The van der Waals surface area contributed by atoms with Crippen molar-refractivity contribution in [2.75, 3.05) is 18.8 Å². The maximum atomic E-state index is 13.1. The molecule has 0 aliphatic carbocycles. The molecule has 1 heterocycles. The molecule has 0 radical (unpaired) electrons. The molecule has 1 saturated heterocycles. The van der Waals surface area contributed by atoms with Gasteiger partial charge in [0.05, 0.1) is 18.6 Å². The first-order valence-electron chi connectivity index (χ1n) is 14.7. The van der Waals surface area contributed by atoms with Gasteiger partial charge in [0, 0.05) is 18.7 Å². The van der Waals surface area contributed by atoms with Crippen molar-refractivity contribution in [1.82, 2.24) is 26.6 Å². The van der Waals surface area contributed by atoms with Crippen molar-refractivity contribution in [1.29, 1.82) is 0 Å². The summed E-state index contributed by atoms with van der Waals surface area (Å²) < 4.78 is 0. The monoisotopic (exact) mass is 640 g/mol. The summed E-state index contributed by atoms with van der Waals surface area (Å²) in [5.41, 5.74) is 7.60. The van der Waals surface area contributed by atoms with Gasteiger partial charge in [0.25, 0.3) is 0 Å². The normalized spacial score (nSPS) is 16.1. The average Bonchev–Trinajstić information content (AvgIpc) is 3.43. The van der Waals surface area contributed by atoms with Crippen LogP contribution in [-0.4, -0.2) is 83.3 Å². The Labute approximate surface area is 265 Å². The minimum Gasteiger partial charge on any atom is -0.508 e. The predicted octanol–water partition coefficient (Wildman–Crippen LogP) is -0.345. The first kappa shape index (κ1) is 35.1. The van der Waals surface area contributed by atoms with Crippen molar-refractivity contribution in [3.63, 3.8) is 0 Å². The topological polar surface area (TPSA) is 209 Å². The molecule has 5 amide bonds. The molecule has 0 aromatic heterocycles. The average molecular weight is 641 g/mol. The summed E-state index contributed by atoms with van der Waals surface area (Å²) in [5.74, 6) is -1.63. The van der Waals surface area contributed by atoms with Gasteiger partial charge in [-0.1, -0.05) is 54.2 Å². The Bertz CT molecular complexity index is 1310. The molecule has 8 N–H and O–H groups in total. The second-order valence-electron chi connectivity index (χ2n) is 10.7. The SMILES string of the molecule is N[C@@H](Cc1ccc(O)cc1)C(=O)N[C@H](CCCCNC=O)C(=O)NCC(=O)N[C@@H](Cc1ccccc1)C(=O)N[C@H]1CCSC1=O. The number of aromatic hydroxyl groups is 1. The quantitative estimate of drug-likeness (QED) is 0.0838. The first-order valence-corrected chi connectivity index (χ1v) is 15.7. The fourth-order valence-corrected chi connectivity index (χ4v) is 5.59. The number of phenols is 1. The summed E-state index contributed by atoms with van der Waals surface area (Å²) >= 11 is 1.15. The number of thioether (sulfide) groups is 1. The minimum atomic E-state index is -1.01. The predicted molar refractivity (Wildman–Crippen MR) is 169 cm³/mol. The highest BCUT2D eigenvalue weighted by Gasteiger charge is 2.31. The highest BCUT2D eigenvalue weighted by Crippen LogP contribution is 2.19. The summed E-state index contributed by atoms with van der Waals surface area (Å²) in [6, 6.07) is 11.7. The lowest BCUT2D eigenvalue weighted by molar-refractivity contribution is -0.132. The molecule has 1 fully saturated rings. The van der Waals surface area contributed by atoms with E-state index in [9.17, 15) is 33.9 Å². The number of hydrogen-bond donors (Lipinski definition) is 7. The second kappa shape index (κ2) is 18.4. The van der Waals surface area contributed by atoms with Crippen LogP contribution < -0.4 is 32.3 Å². The molecule has 242 valence electrons. The summed E-state index contributed by atoms with van der Waals surface area (Å²) in [5, 5.41) is 22.4. The Morgan fingerprint density at radius 1 is 0.911 bits per heavy atom. The number of amides is 5. The molecule has 45 heavy (non-hydrogen) atoms. The molecule has 3 rings (SSSR count). The zero-order chi connectivity index (χ0) is 32.6. The van der Waals surface area contributed by atoms with Crippen molar-refractivity contribution in [3.05, 3.63) is 65.7 Å². The third-order valence-electron chi connectivity index (χ3n) is 7.12. The van der Waals surface area contributed by atoms with Crippen LogP contribution in [0.3, 0.4) is 0 Å². The zero-order valence-corrected chi connectivity index (χ0v) is 25.6. The number of nitrogens with one attached hydrogen (secondary N) is 5. The van der Waals surface area contributed by atoms with Crippen LogP contribution in [0.15, 0.2) is 54.6 Å². The molecule has 2 aromatic rings. The molecule has 0 unspecified atom stereocenters. The number of benzene rings is 2. The molecule has 0 spiro atoms. The Kier molecular flexibility index (Phi) is 14.3. The Balaban J connectivity index is 1.60. The smallest absolute Gasteiger partial charge is 0.243 e. The summed E-state index contributed by atoms with van der Waals surface area (Å²) in [6.07, 6.45) is 2.68. The molecular weight excluding hydrogens is 600 g/mol. The first-order chi connectivity index (χ1) is 21.7. The minimum absolute atomic E-state index is 0.0802. The van der Waals surface area contributed by atoms with Crippen molar-refractivity contribution in [2.24, 2.45) is 5.73 Å². The van der Waals surface area contributed by atoms with Gasteiger partial charge < -0.3 is 37.4 Å². The molecule has 1 aliphatic rings. The van der Waals surface area contributed by atoms with Crippen LogP contribution >= 0.6 is 11.8 Å². The van der Waals surface area contributed by atoms with Crippen LogP contribution in [0.5, 0.6) is 5.75 Å². The van der Waals surface area contributed by atoms with E-state index in [1.165, 1.54) is 12.1 Å². The van der Waals surface area contributed by atoms with E-state index in [0.717, 1.165) is 22.9 Å². The number of carbonyl (C=O) groups excluding carboxylic acids is 6. The fraction of sp³-hybridized carbons (Fsp3) is 0.419. The van der Waals surface area contributed by atoms with E-state index in [2.05, 4.69) is 26.6 Å². The van der Waals surface area contributed by atoms with Crippen LogP contribution in [0, 0.1) is 0 Å². The van der Waals surface area contributed by atoms with Gasteiger partial charge in [0.1, 0.15) is 17.8 Å². The van der Waals surface area contributed by atoms with Crippen molar-refractivity contribution in [2.45, 2.75) is 62.7 Å². The van der Waals surface area contributed by atoms with Crippen molar-refractivity contribution < 1.29 is 33.9 Å². The van der Waals surface area contributed by atoms with E-state index in [-0.39, 0.29) is 30.1 Å². The van der Waals surface area contributed by atoms with Crippen molar-refractivity contribution in [3.8, 4) is 5.75 Å². The number of rotatable bonds is 18. The summed E-state index contributed by atoms with van der Waals surface area (Å²) in [7, 11) is 0. The number of nitrogens with two attached hydrogens (primary N) is 1. The standard InChI is InChI=1S/C31H40N6O7S/c32-23(16-21-9-11-22(39)12-10-21)28(41)36-24(8-4-5-14-33-19-38)29(42)34-18-27(40)35-26(17-20-6-2-1-3-7-20)30(43)37-25-13-15-45-31(25)44/h1-3,6-7,9-12,19,23-26,39H,4-5,8,13-18,32H2,(H,33,38)(H,34,42)(H,35,40)(H,36,41)(H,37,43)/t23-,24+,25-,26-/m0/s1. The zero-order valence-electron chi connectivity index (χ0n) is 24.8. The van der Waals surface area contributed by atoms with Gasteiger partial charge in [0.2, 0.25) is 35.2 Å². The van der Waals surface area contributed by atoms with Gasteiger partial charge >= 0.3 is 0 Å². The third-order valence-corrected chi connectivity index (χ3v) is 8.13. The molecule has 2 aromatic carbocycles. The molecule has 1 aliphatic heterocycles. The van der Waals surface area contributed by atoms with Crippen LogP contribution in [0.2, 0.25) is 0 Å². The number of phenolic OH excluding ortho intramolecular Hbond substituents is 1. The van der Waals surface area contributed by atoms with E-state index in [4.69, 9.17) is 5.73 Å². The molecular formula is C31H40N6O7S. The van der Waals surface area contributed by atoms with E-state index in [1.807, 2.05) is 30.3 Å². The van der Waals surface area contributed by atoms with Gasteiger partial charge in [0.15, 0.2) is 0 Å². The van der Waals surface area contributed by atoms with Crippen molar-refractivity contribution >= 4 is 46.9 Å². The maximum Gasteiger partial charge on any atom is 0.243 e. The third kappa shape index (κ3) is 12.2. The van der Waals surface area contributed by atoms with Gasteiger partial charge in [-0.2, -0.15) is 0 Å². The molecule has 4 atom stereocenters. The van der Waals surface area contributed by atoms with Gasteiger partial charge in [-0.3, -0.25) is 28.8 Å². The summed E-state index contributed by atoms with van der Waals surface area (Å²) in [4.78, 5) is 74.6. The highest BCUT2D eigenvalue weighted by molar-refractivity contribution is 8.14. The van der Waals surface area contributed by atoms with Crippen LogP contribution in [0.1, 0.15) is 36.8 Å². The van der Waals surface area contributed by atoms with E-state index >= 15 is 0 Å². The largest absolute Gasteiger partial charge is 0.508 e. The van der Waals surface area contributed by atoms with E-state index in [1.54, 1.807) is 12.1 Å². The van der Waals surface area contributed by atoms with Gasteiger partial charge in [-0.05, 0) is 55.4 Å². The summed E-state index contributed by atoms with van der Waals surface area (Å²) in [6.45, 7) is -0.0706. The lowest BCUT2D eigenvalue weighted by Crippen LogP contribution is -2.55. The molecule has 0 saturated carbocycles. The highest BCUT2D eigenvalue weighted by atomic mass is 32.2. The molecule has 0 bridgehead atoms. The van der Waals surface area contributed by atoms with E-state index in [0.29, 0.717) is 38.0 Å².